The molecule has 0 spiro atoms. The Hall–Kier alpha value is -2.98. The Morgan fingerprint density at radius 2 is 1.81 bits per heavy atom. The van der Waals surface area contributed by atoms with Crippen LogP contribution in [0.15, 0.2) is 51.8 Å². The summed E-state index contributed by atoms with van der Waals surface area (Å²) in [7, 11) is -1.07. The Balaban J connectivity index is 1.75. The van der Waals surface area contributed by atoms with Crippen molar-refractivity contribution in [2.75, 3.05) is 14.2 Å². The summed E-state index contributed by atoms with van der Waals surface area (Å²) in [4.78, 5) is -0.0518. The highest BCUT2D eigenvalue weighted by Crippen LogP contribution is 2.28. The summed E-state index contributed by atoms with van der Waals surface area (Å²) in [6.45, 7) is -0.217. The number of rotatable bonds is 7. The van der Waals surface area contributed by atoms with Gasteiger partial charge in [-0.25, -0.2) is 17.5 Å². The van der Waals surface area contributed by atoms with Gasteiger partial charge in [0.1, 0.15) is 22.2 Å². The molecule has 0 atom stereocenters. The predicted molar refractivity (Wildman–Crippen MR) is 93.3 cm³/mol. The second-order valence-corrected chi connectivity index (χ2v) is 7.08. The molecule has 0 radical (unpaired) electrons. The number of sulfonamides is 1. The van der Waals surface area contributed by atoms with Crippen molar-refractivity contribution in [1.29, 1.82) is 0 Å². The maximum Gasteiger partial charge on any atom is 0.247 e. The average Bonchev–Trinajstić information content (AvgIpc) is 3.15. The van der Waals surface area contributed by atoms with E-state index < -0.39 is 10.0 Å². The quantitative estimate of drug-likeness (QED) is 0.657. The summed E-state index contributed by atoms with van der Waals surface area (Å²) in [6, 6.07) is 9.84. The Labute approximate surface area is 155 Å². The zero-order chi connectivity index (χ0) is 19.4. The van der Waals surface area contributed by atoms with Crippen LogP contribution in [0.1, 0.15) is 5.89 Å². The second kappa shape index (κ2) is 7.72. The third-order valence-electron chi connectivity index (χ3n) is 3.63. The van der Waals surface area contributed by atoms with Crippen LogP contribution in [0.3, 0.4) is 0 Å². The molecule has 3 rings (SSSR count). The fourth-order valence-electron chi connectivity index (χ4n) is 2.27. The number of hydrogen-bond donors (Lipinski definition) is 1. The van der Waals surface area contributed by atoms with Gasteiger partial charge in [0.25, 0.3) is 0 Å². The topological polar surface area (TPSA) is 104 Å². The molecule has 3 aromatic rings. The van der Waals surface area contributed by atoms with E-state index in [1.54, 1.807) is 0 Å². The number of hydrogen-bond acceptors (Lipinski definition) is 7. The molecule has 10 heteroatoms. The number of aromatic nitrogens is 2. The maximum atomic E-state index is 13.0. The highest BCUT2D eigenvalue weighted by molar-refractivity contribution is 7.89. The lowest BCUT2D eigenvalue weighted by Gasteiger charge is -2.11. The van der Waals surface area contributed by atoms with E-state index >= 15 is 0 Å². The van der Waals surface area contributed by atoms with E-state index in [0.29, 0.717) is 11.3 Å². The highest BCUT2D eigenvalue weighted by atomic mass is 32.2. The number of benzene rings is 2. The first-order chi connectivity index (χ1) is 12.9. The van der Waals surface area contributed by atoms with Crippen LogP contribution in [0.4, 0.5) is 4.39 Å². The molecule has 0 amide bonds. The Kier molecular flexibility index (Phi) is 5.38. The Bertz CT molecular complexity index is 1030. The zero-order valence-corrected chi connectivity index (χ0v) is 15.3. The third kappa shape index (κ3) is 4.23. The minimum absolute atomic E-state index is 0.0518. The van der Waals surface area contributed by atoms with Gasteiger partial charge in [-0.3, -0.25) is 0 Å². The summed E-state index contributed by atoms with van der Waals surface area (Å²) in [5.74, 6) is 0.433. The first-order valence-corrected chi connectivity index (χ1v) is 9.21. The van der Waals surface area contributed by atoms with Crippen molar-refractivity contribution in [2.24, 2.45) is 0 Å². The zero-order valence-electron chi connectivity index (χ0n) is 14.5. The van der Waals surface area contributed by atoms with Crippen LogP contribution in [0.25, 0.3) is 11.5 Å². The molecule has 0 saturated carbocycles. The predicted octanol–water partition coefficient (Wildman–Crippen LogP) is 2.37. The second-order valence-electron chi connectivity index (χ2n) is 5.35. The number of ether oxygens (including phenoxy) is 2. The molecule has 0 fully saturated rings. The van der Waals surface area contributed by atoms with Gasteiger partial charge in [0.05, 0.1) is 20.8 Å². The van der Waals surface area contributed by atoms with E-state index in [2.05, 4.69) is 14.9 Å². The van der Waals surface area contributed by atoms with Gasteiger partial charge in [0.15, 0.2) is 0 Å². The van der Waals surface area contributed by atoms with Gasteiger partial charge >= 0.3 is 0 Å². The maximum absolute atomic E-state index is 13.0. The van der Waals surface area contributed by atoms with E-state index in [0.717, 1.165) is 0 Å². The number of halogens is 1. The molecule has 0 aliphatic heterocycles. The van der Waals surface area contributed by atoms with Gasteiger partial charge in [-0.15, -0.1) is 10.2 Å². The van der Waals surface area contributed by atoms with Gasteiger partial charge in [-0.1, -0.05) is 0 Å². The molecule has 0 unspecified atom stereocenters. The van der Waals surface area contributed by atoms with Gasteiger partial charge in [0, 0.05) is 11.6 Å². The number of nitrogens with zero attached hydrogens (tertiary/aromatic N) is 2. The Morgan fingerprint density at radius 1 is 1.07 bits per heavy atom. The normalized spacial score (nSPS) is 11.4. The average molecular weight is 393 g/mol. The summed E-state index contributed by atoms with van der Waals surface area (Å²) >= 11 is 0. The molecular formula is C17H16FN3O5S. The first kappa shape index (κ1) is 18.8. The molecule has 0 saturated heterocycles. The van der Waals surface area contributed by atoms with Crippen LogP contribution in [0, 0.1) is 5.82 Å². The van der Waals surface area contributed by atoms with Crippen LogP contribution in [-0.4, -0.2) is 32.8 Å². The van der Waals surface area contributed by atoms with E-state index in [-0.39, 0.29) is 34.8 Å². The first-order valence-electron chi connectivity index (χ1n) is 7.73. The van der Waals surface area contributed by atoms with E-state index in [1.807, 2.05) is 0 Å². The van der Waals surface area contributed by atoms with Crippen molar-refractivity contribution in [3.8, 4) is 23.0 Å². The van der Waals surface area contributed by atoms with Gasteiger partial charge in [-0.2, -0.15) is 0 Å². The van der Waals surface area contributed by atoms with Gasteiger partial charge in [0.2, 0.25) is 21.8 Å². The minimum Gasteiger partial charge on any atom is -0.497 e. The van der Waals surface area contributed by atoms with Crippen LogP contribution >= 0.6 is 0 Å². The molecular weight excluding hydrogens is 377 g/mol. The summed E-state index contributed by atoms with van der Waals surface area (Å²) in [5.41, 5.74) is 0.523. The minimum atomic E-state index is -3.90. The number of nitrogens with one attached hydrogen (secondary N) is 1. The van der Waals surface area contributed by atoms with Gasteiger partial charge < -0.3 is 13.9 Å². The van der Waals surface area contributed by atoms with Crippen LogP contribution in [0.5, 0.6) is 11.5 Å². The summed E-state index contributed by atoms with van der Waals surface area (Å²) < 4.78 is 56.0. The van der Waals surface area contributed by atoms with Crippen molar-refractivity contribution >= 4 is 10.0 Å². The fourth-order valence-corrected chi connectivity index (χ4v) is 3.39. The highest BCUT2D eigenvalue weighted by Gasteiger charge is 2.21. The van der Waals surface area contributed by atoms with Crippen molar-refractivity contribution in [2.45, 2.75) is 11.4 Å². The molecule has 1 aromatic heterocycles. The summed E-state index contributed by atoms with van der Waals surface area (Å²) in [5, 5.41) is 7.62. The molecule has 1 heterocycles. The summed E-state index contributed by atoms with van der Waals surface area (Å²) in [6.07, 6.45) is 0. The van der Waals surface area contributed by atoms with E-state index in [9.17, 15) is 12.8 Å². The molecule has 2 aromatic carbocycles. The molecule has 27 heavy (non-hydrogen) atoms. The molecule has 142 valence electrons. The van der Waals surface area contributed by atoms with E-state index in [1.165, 1.54) is 56.7 Å². The largest absolute Gasteiger partial charge is 0.497 e. The van der Waals surface area contributed by atoms with Crippen molar-refractivity contribution in [1.82, 2.24) is 14.9 Å². The van der Waals surface area contributed by atoms with E-state index in [4.69, 9.17) is 13.9 Å². The molecule has 8 nitrogen and oxygen atoms in total. The lowest BCUT2D eigenvalue weighted by atomic mass is 10.2. The molecule has 0 aliphatic carbocycles. The lowest BCUT2D eigenvalue weighted by molar-refractivity contribution is 0.385. The number of methoxy groups -OCH3 is 2. The van der Waals surface area contributed by atoms with Crippen molar-refractivity contribution in [3.05, 3.63) is 54.2 Å². The molecule has 1 N–H and O–H groups in total. The lowest BCUT2D eigenvalue weighted by Crippen LogP contribution is -2.24. The third-order valence-corrected chi connectivity index (χ3v) is 5.07. The standard InChI is InChI=1S/C17H16FN3O5S/c1-24-13-7-8-15(14(9-13)25-2)27(22,23)19-10-16-20-21-17(26-16)11-3-5-12(18)6-4-11/h3-9,19H,10H2,1-2H3. The fraction of sp³-hybridized carbons (Fsp3) is 0.176. The van der Waals surface area contributed by atoms with Gasteiger partial charge in [-0.05, 0) is 36.4 Å². The molecule has 0 aliphatic rings. The van der Waals surface area contributed by atoms with Crippen LogP contribution in [0.2, 0.25) is 0 Å². The monoisotopic (exact) mass is 393 g/mol. The van der Waals surface area contributed by atoms with Crippen LogP contribution in [-0.2, 0) is 16.6 Å². The molecule has 0 bridgehead atoms. The van der Waals surface area contributed by atoms with Crippen molar-refractivity contribution < 1.29 is 26.7 Å². The Morgan fingerprint density at radius 3 is 2.48 bits per heavy atom. The SMILES string of the molecule is COc1ccc(S(=O)(=O)NCc2nnc(-c3ccc(F)cc3)o2)c(OC)c1. The van der Waals surface area contributed by atoms with Crippen molar-refractivity contribution in [3.63, 3.8) is 0 Å². The smallest absolute Gasteiger partial charge is 0.247 e. The van der Waals surface area contributed by atoms with Crippen LogP contribution < -0.4 is 14.2 Å².